The Morgan fingerprint density at radius 3 is 2.55 bits per heavy atom. The van der Waals surface area contributed by atoms with Crippen LogP contribution < -0.4 is 11.1 Å². The third kappa shape index (κ3) is 3.29. The molecule has 3 N–H and O–H groups in total. The van der Waals surface area contributed by atoms with Crippen LogP contribution in [0.25, 0.3) is 0 Å². The van der Waals surface area contributed by atoms with E-state index in [2.05, 4.69) is 5.32 Å². The molecule has 2 fully saturated rings. The van der Waals surface area contributed by atoms with Gasteiger partial charge in [0, 0.05) is 18.2 Å². The molecule has 0 aliphatic heterocycles. The lowest BCUT2D eigenvalue weighted by atomic mass is 9.67. The summed E-state index contributed by atoms with van der Waals surface area (Å²) in [6.45, 7) is 0. The van der Waals surface area contributed by atoms with Crippen molar-refractivity contribution in [3.63, 3.8) is 0 Å². The van der Waals surface area contributed by atoms with E-state index in [0.29, 0.717) is 11.8 Å². The van der Waals surface area contributed by atoms with Crippen molar-refractivity contribution in [2.24, 2.45) is 17.6 Å². The summed E-state index contributed by atoms with van der Waals surface area (Å²) >= 11 is 0. The third-order valence-electron chi connectivity index (χ3n) is 5.07. The molecule has 2 aliphatic rings. The third-order valence-corrected chi connectivity index (χ3v) is 5.07. The summed E-state index contributed by atoms with van der Waals surface area (Å²) in [5.41, 5.74) is 6.31. The van der Waals surface area contributed by atoms with Gasteiger partial charge in [0.25, 0.3) is 0 Å². The molecule has 2 aliphatic carbocycles. The Morgan fingerprint density at radius 2 is 1.91 bits per heavy atom. The van der Waals surface area contributed by atoms with Crippen LogP contribution in [0.2, 0.25) is 0 Å². The highest BCUT2D eigenvalue weighted by Crippen LogP contribution is 2.39. The van der Waals surface area contributed by atoms with Gasteiger partial charge in [-0.1, -0.05) is 12.5 Å². The second kappa shape index (κ2) is 6.32. The van der Waals surface area contributed by atoms with E-state index < -0.39 is 11.6 Å². The quantitative estimate of drug-likeness (QED) is 0.901. The zero-order valence-corrected chi connectivity index (χ0v) is 12.5. The Kier molecular flexibility index (Phi) is 4.43. The number of carbonyl (C=O) groups excluding carboxylic acids is 1. The minimum absolute atomic E-state index is 0.0475. The first kappa shape index (κ1) is 15.4. The van der Waals surface area contributed by atoms with E-state index in [4.69, 9.17) is 5.73 Å². The van der Waals surface area contributed by atoms with Crippen LogP contribution in [0.15, 0.2) is 18.2 Å². The molecule has 1 aromatic rings. The van der Waals surface area contributed by atoms with Crippen molar-refractivity contribution in [3.05, 3.63) is 35.4 Å². The molecule has 5 heteroatoms. The van der Waals surface area contributed by atoms with E-state index >= 15 is 0 Å². The molecule has 1 aromatic carbocycles. The summed E-state index contributed by atoms with van der Waals surface area (Å²) < 4.78 is 26.5. The normalized spacial score (nSPS) is 30.9. The lowest BCUT2D eigenvalue weighted by Crippen LogP contribution is -2.54. The lowest BCUT2D eigenvalue weighted by Gasteiger charge is -2.45. The van der Waals surface area contributed by atoms with Crippen LogP contribution in [-0.4, -0.2) is 18.0 Å². The minimum atomic E-state index is -0.666. The molecule has 0 aromatic heterocycles. The maximum atomic E-state index is 13.6. The number of carbonyl (C=O) groups is 1. The van der Waals surface area contributed by atoms with Gasteiger partial charge in [-0.3, -0.25) is 4.79 Å². The Morgan fingerprint density at radius 1 is 1.23 bits per heavy atom. The lowest BCUT2D eigenvalue weighted by molar-refractivity contribution is -0.122. The SMILES string of the molecule is NC1CC2CCCC(C1)C2NC(=O)Cc1ccc(F)cc1F. The summed E-state index contributed by atoms with van der Waals surface area (Å²) in [4.78, 5) is 12.2. The predicted molar refractivity (Wildman–Crippen MR) is 80.0 cm³/mol. The first-order chi connectivity index (χ1) is 10.5. The van der Waals surface area contributed by atoms with Gasteiger partial charge in [-0.25, -0.2) is 8.78 Å². The van der Waals surface area contributed by atoms with E-state index in [1.807, 2.05) is 0 Å². The number of rotatable bonds is 3. The van der Waals surface area contributed by atoms with Gasteiger partial charge < -0.3 is 11.1 Å². The molecule has 3 rings (SSSR count). The van der Waals surface area contributed by atoms with Gasteiger partial charge >= 0.3 is 0 Å². The van der Waals surface area contributed by atoms with Gasteiger partial charge in [0.1, 0.15) is 11.6 Å². The first-order valence-corrected chi connectivity index (χ1v) is 8.02. The van der Waals surface area contributed by atoms with Gasteiger partial charge in [-0.2, -0.15) is 0 Å². The molecule has 2 saturated carbocycles. The molecule has 22 heavy (non-hydrogen) atoms. The number of amides is 1. The van der Waals surface area contributed by atoms with Crippen LogP contribution in [0, 0.1) is 23.5 Å². The number of hydrogen-bond acceptors (Lipinski definition) is 2. The van der Waals surface area contributed by atoms with Crippen molar-refractivity contribution < 1.29 is 13.6 Å². The molecule has 0 saturated heterocycles. The average Bonchev–Trinajstić information content (AvgIpc) is 2.43. The van der Waals surface area contributed by atoms with Crippen molar-refractivity contribution in [2.45, 2.75) is 50.6 Å². The molecule has 0 radical (unpaired) electrons. The zero-order chi connectivity index (χ0) is 15.7. The van der Waals surface area contributed by atoms with Crippen LogP contribution >= 0.6 is 0 Å². The standard InChI is InChI=1S/C17H22F2N2O/c18-13-5-4-10(15(19)9-13)8-16(22)21-17-11-2-1-3-12(17)7-14(20)6-11/h4-5,9,11-12,14,17H,1-3,6-8,20H2,(H,21,22). The maximum absolute atomic E-state index is 13.6. The molecule has 120 valence electrons. The maximum Gasteiger partial charge on any atom is 0.224 e. The van der Waals surface area contributed by atoms with Crippen LogP contribution in [0.5, 0.6) is 0 Å². The smallest absolute Gasteiger partial charge is 0.224 e. The second-order valence-electron chi connectivity index (χ2n) is 6.69. The first-order valence-electron chi connectivity index (χ1n) is 8.02. The number of nitrogens with one attached hydrogen (secondary N) is 1. The van der Waals surface area contributed by atoms with Gasteiger partial charge in [-0.15, -0.1) is 0 Å². The fourth-order valence-electron chi connectivity index (χ4n) is 4.10. The van der Waals surface area contributed by atoms with Gasteiger partial charge in [-0.05, 0) is 49.1 Å². The summed E-state index contributed by atoms with van der Waals surface area (Å²) in [5.74, 6) is -0.615. The average molecular weight is 308 g/mol. The highest BCUT2D eigenvalue weighted by molar-refractivity contribution is 5.79. The van der Waals surface area contributed by atoms with Crippen LogP contribution in [0.4, 0.5) is 8.78 Å². The Labute approximate surface area is 129 Å². The van der Waals surface area contributed by atoms with E-state index in [-0.39, 0.29) is 30.0 Å². The Balaban J connectivity index is 1.64. The van der Waals surface area contributed by atoms with Crippen LogP contribution in [-0.2, 0) is 11.2 Å². The van der Waals surface area contributed by atoms with Crippen molar-refractivity contribution in [1.82, 2.24) is 5.32 Å². The Bertz CT molecular complexity index is 550. The molecule has 1 amide bonds. The monoisotopic (exact) mass is 308 g/mol. The number of benzene rings is 1. The van der Waals surface area contributed by atoms with Crippen molar-refractivity contribution in [1.29, 1.82) is 0 Å². The van der Waals surface area contributed by atoms with E-state index in [1.165, 1.54) is 18.6 Å². The van der Waals surface area contributed by atoms with E-state index in [9.17, 15) is 13.6 Å². The van der Waals surface area contributed by atoms with Crippen molar-refractivity contribution in [3.8, 4) is 0 Å². The molecule has 0 spiro atoms. The van der Waals surface area contributed by atoms with Gasteiger partial charge in [0.15, 0.2) is 0 Å². The van der Waals surface area contributed by atoms with Gasteiger partial charge in [0.05, 0.1) is 6.42 Å². The largest absolute Gasteiger partial charge is 0.353 e. The molecular weight excluding hydrogens is 286 g/mol. The highest BCUT2D eigenvalue weighted by atomic mass is 19.1. The van der Waals surface area contributed by atoms with Crippen molar-refractivity contribution in [2.75, 3.05) is 0 Å². The molecule has 0 heterocycles. The minimum Gasteiger partial charge on any atom is -0.353 e. The molecule has 2 unspecified atom stereocenters. The van der Waals surface area contributed by atoms with E-state index in [0.717, 1.165) is 31.7 Å². The summed E-state index contributed by atoms with van der Waals surface area (Å²) in [6, 6.07) is 3.72. The highest BCUT2D eigenvalue weighted by Gasteiger charge is 2.39. The number of halogens is 2. The Hall–Kier alpha value is -1.49. The fraction of sp³-hybridized carbons (Fsp3) is 0.588. The zero-order valence-electron chi connectivity index (χ0n) is 12.5. The topological polar surface area (TPSA) is 55.1 Å². The van der Waals surface area contributed by atoms with Crippen molar-refractivity contribution >= 4 is 5.91 Å². The fourth-order valence-corrected chi connectivity index (χ4v) is 4.10. The predicted octanol–water partition coefficient (Wildman–Crippen LogP) is 2.53. The summed E-state index contributed by atoms with van der Waals surface area (Å²) in [6.07, 6.45) is 5.24. The van der Waals surface area contributed by atoms with E-state index in [1.54, 1.807) is 0 Å². The molecule has 3 nitrogen and oxygen atoms in total. The van der Waals surface area contributed by atoms with Crippen LogP contribution in [0.3, 0.4) is 0 Å². The number of nitrogens with two attached hydrogens (primary N) is 1. The molecular formula is C17H22F2N2O. The van der Waals surface area contributed by atoms with Crippen LogP contribution in [0.1, 0.15) is 37.7 Å². The summed E-state index contributed by atoms with van der Waals surface area (Å²) in [7, 11) is 0. The summed E-state index contributed by atoms with van der Waals surface area (Å²) in [5, 5.41) is 3.08. The van der Waals surface area contributed by atoms with Gasteiger partial charge in [0.2, 0.25) is 5.91 Å². The number of fused-ring (bicyclic) bond motifs is 2. The molecule has 2 atom stereocenters. The number of hydrogen-bond donors (Lipinski definition) is 2. The second-order valence-corrected chi connectivity index (χ2v) is 6.69. The molecule has 2 bridgehead atoms.